The molecule has 4 fully saturated rings. The third-order valence-corrected chi connectivity index (χ3v) is 8.29. The van der Waals surface area contributed by atoms with Crippen LogP contribution in [0.25, 0.3) is 0 Å². The molecule has 2 aromatic carbocycles. The van der Waals surface area contributed by atoms with Gasteiger partial charge < -0.3 is 15.4 Å². The van der Waals surface area contributed by atoms with Crippen molar-refractivity contribution in [2.24, 2.45) is 17.8 Å². The Labute approximate surface area is 201 Å². The molecule has 4 aliphatic rings. The summed E-state index contributed by atoms with van der Waals surface area (Å²) in [6, 6.07) is 18.8. The van der Waals surface area contributed by atoms with E-state index in [1.165, 1.54) is 39.2 Å². The number of hydrogen-bond acceptors (Lipinski definition) is 5. The third-order valence-electron chi connectivity index (χ3n) is 8.29. The minimum Gasteiger partial charge on any atom is -0.465 e. The fraction of sp³-hybridized carbons (Fsp3) is 0.379. The van der Waals surface area contributed by atoms with Crippen molar-refractivity contribution in [1.82, 2.24) is 4.98 Å². The number of anilines is 4. The molecule has 174 valence electrons. The summed E-state index contributed by atoms with van der Waals surface area (Å²) < 4.78 is 4.89. The smallest absolute Gasteiger partial charge is 0.341 e. The Balaban J connectivity index is 1.21. The Morgan fingerprint density at radius 3 is 2.35 bits per heavy atom. The van der Waals surface area contributed by atoms with Crippen LogP contribution in [0.1, 0.15) is 53.6 Å². The van der Waals surface area contributed by atoms with Gasteiger partial charge in [0, 0.05) is 23.3 Å². The number of pyridine rings is 1. The lowest BCUT2D eigenvalue weighted by Gasteiger charge is -2.33. The molecule has 1 heterocycles. The van der Waals surface area contributed by atoms with Crippen molar-refractivity contribution >= 4 is 28.8 Å². The number of aromatic nitrogens is 1. The summed E-state index contributed by atoms with van der Waals surface area (Å²) in [6.07, 6.45) is 8.83. The second kappa shape index (κ2) is 8.15. The first kappa shape index (κ1) is 21.2. The third kappa shape index (κ3) is 3.64. The minimum absolute atomic E-state index is 0.408. The summed E-state index contributed by atoms with van der Waals surface area (Å²) >= 11 is 0. The lowest BCUT2D eigenvalue weighted by Crippen LogP contribution is -2.27. The largest absolute Gasteiger partial charge is 0.465 e. The molecule has 4 bridgehead atoms. The number of methoxy groups -OCH3 is 1. The lowest BCUT2D eigenvalue weighted by molar-refractivity contribution is 0.0601. The summed E-state index contributed by atoms with van der Waals surface area (Å²) in [5.41, 5.74) is 6.45. The highest BCUT2D eigenvalue weighted by molar-refractivity contribution is 5.95. The maximum Gasteiger partial charge on any atom is 0.341 e. The van der Waals surface area contributed by atoms with Crippen molar-refractivity contribution in [2.75, 3.05) is 17.7 Å². The monoisotopic (exact) mass is 453 g/mol. The van der Waals surface area contributed by atoms with Crippen molar-refractivity contribution in [3.05, 3.63) is 77.5 Å². The molecule has 2 N–H and O–H groups in total. The molecule has 0 radical (unpaired) electrons. The Morgan fingerprint density at radius 2 is 1.65 bits per heavy atom. The SMILES string of the molecule is COC(=O)c1cccnc1Nc1cc(C)cc(Nc2ccc(C34CC5CC(CC3C5)C4)cc2)c1. The first-order chi connectivity index (χ1) is 16.5. The average Bonchev–Trinajstić information content (AvgIpc) is 3.23. The maximum atomic E-state index is 12.1. The Bertz CT molecular complexity index is 1220. The molecule has 5 heteroatoms. The van der Waals surface area contributed by atoms with E-state index in [0.29, 0.717) is 16.8 Å². The molecule has 7 rings (SSSR count). The van der Waals surface area contributed by atoms with Crippen LogP contribution in [0.3, 0.4) is 0 Å². The standard InChI is InChI=1S/C29H31N3O2/c1-18-10-24(15-25(11-18)32-27-26(28(33)34-2)4-3-9-30-27)31-23-7-5-21(6-8-23)29-16-19-12-20(17-29)14-22(29)13-19/h3-11,15,19-20,22,31H,12-14,16-17H2,1-2H3,(H,30,32). The predicted molar refractivity (Wildman–Crippen MR) is 135 cm³/mol. The topological polar surface area (TPSA) is 63.2 Å². The van der Waals surface area contributed by atoms with Crippen LogP contribution in [0.2, 0.25) is 0 Å². The summed E-state index contributed by atoms with van der Waals surface area (Å²) in [5.74, 6) is 2.90. The number of benzene rings is 2. The Hall–Kier alpha value is -3.34. The van der Waals surface area contributed by atoms with Gasteiger partial charge in [-0.3, -0.25) is 0 Å². The van der Waals surface area contributed by atoms with Gasteiger partial charge in [0.25, 0.3) is 0 Å². The van der Waals surface area contributed by atoms with E-state index in [9.17, 15) is 4.79 Å². The van der Waals surface area contributed by atoms with E-state index in [0.717, 1.165) is 40.4 Å². The van der Waals surface area contributed by atoms with E-state index < -0.39 is 5.97 Å². The second-order valence-corrected chi connectivity index (χ2v) is 10.5. The highest BCUT2D eigenvalue weighted by Crippen LogP contribution is 2.65. The molecule has 1 aromatic heterocycles. The Morgan fingerprint density at radius 1 is 0.941 bits per heavy atom. The number of esters is 1. The summed E-state index contributed by atoms with van der Waals surface area (Å²) in [4.78, 5) is 16.4. The number of aryl methyl sites for hydroxylation is 1. The number of ether oxygens (including phenoxy) is 1. The van der Waals surface area contributed by atoms with Crippen LogP contribution in [0, 0.1) is 24.7 Å². The summed E-state index contributed by atoms with van der Waals surface area (Å²) in [5, 5.41) is 6.84. The number of hydrogen-bond donors (Lipinski definition) is 2. The fourth-order valence-electron chi connectivity index (χ4n) is 7.16. The van der Waals surface area contributed by atoms with Gasteiger partial charge in [0.05, 0.1) is 7.11 Å². The van der Waals surface area contributed by atoms with Gasteiger partial charge >= 0.3 is 5.97 Å². The predicted octanol–water partition coefficient (Wildman–Crippen LogP) is 6.74. The van der Waals surface area contributed by atoms with Gasteiger partial charge in [0.15, 0.2) is 0 Å². The average molecular weight is 454 g/mol. The number of nitrogens with zero attached hydrogens (tertiary/aromatic N) is 1. The first-order valence-corrected chi connectivity index (χ1v) is 12.3. The molecule has 2 atom stereocenters. The molecule has 5 nitrogen and oxygen atoms in total. The number of nitrogens with one attached hydrogen (secondary N) is 2. The number of rotatable bonds is 6. The van der Waals surface area contributed by atoms with Crippen molar-refractivity contribution in [3.63, 3.8) is 0 Å². The molecule has 4 aliphatic carbocycles. The molecule has 3 aromatic rings. The first-order valence-electron chi connectivity index (χ1n) is 12.3. The second-order valence-electron chi connectivity index (χ2n) is 10.5. The van der Waals surface area contributed by atoms with Crippen molar-refractivity contribution in [2.45, 2.75) is 44.4 Å². The molecule has 0 saturated heterocycles. The van der Waals surface area contributed by atoms with E-state index in [1.807, 2.05) is 12.1 Å². The van der Waals surface area contributed by atoms with Gasteiger partial charge in [-0.15, -0.1) is 0 Å². The van der Waals surface area contributed by atoms with Crippen LogP contribution >= 0.6 is 0 Å². The fourth-order valence-corrected chi connectivity index (χ4v) is 7.16. The zero-order valence-corrected chi connectivity index (χ0v) is 19.8. The van der Waals surface area contributed by atoms with Crippen LogP contribution in [0.15, 0.2) is 60.8 Å². The molecular weight excluding hydrogens is 422 g/mol. The van der Waals surface area contributed by atoms with E-state index in [2.05, 4.69) is 52.9 Å². The minimum atomic E-state index is -0.412. The molecule has 0 spiro atoms. The van der Waals surface area contributed by atoms with E-state index >= 15 is 0 Å². The van der Waals surface area contributed by atoms with Gasteiger partial charge in [0.2, 0.25) is 0 Å². The van der Waals surface area contributed by atoms with E-state index in [1.54, 1.807) is 23.9 Å². The maximum absolute atomic E-state index is 12.1. The van der Waals surface area contributed by atoms with Gasteiger partial charge in [-0.1, -0.05) is 12.1 Å². The van der Waals surface area contributed by atoms with Crippen LogP contribution in [0.5, 0.6) is 0 Å². The van der Waals surface area contributed by atoms with Gasteiger partial charge in [0.1, 0.15) is 11.4 Å². The Kier molecular flexibility index (Phi) is 5.09. The highest BCUT2D eigenvalue weighted by atomic mass is 16.5. The molecule has 4 saturated carbocycles. The van der Waals surface area contributed by atoms with E-state index in [-0.39, 0.29) is 0 Å². The highest BCUT2D eigenvalue weighted by Gasteiger charge is 2.58. The quantitative estimate of drug-likeness (QED) is 0.405. The number of carbonyl (C=O) groups excluding carboxylic acids is 1. The summed E-state index contributed by atoms with van der Waals surface area (Å²) in [7, 11) is 1.38. The van der Waals surface area contributed by atoms with Crippen molar-refractivity contribution < 1.29 is 9.53 Å². The van der Waals surface area contributed by atoms with Crippen molar-refractivity contribution in [1.29, 1.82) is 0 Å². The molecule has 0 aliphatic heterocycles. The molecule has 2 unspecified atom stereocenters. The van der Waals surface area contributed by atoms with Gasteiger partial charge in [-0.05, 0) is 116 Å². The zero-order chi connectivity index (χ0) is 23.3. The van der Waals surface area contributed by atoms with Crippen LogP contribution < -0.4 is 10.6 Å². The summed E-state index contributed by atoms with van der Waals surface area (Å²) in [6.45, 7) is 2.06. The molecular formula is C29H31N3O2. The molecule has 0 amide bonds. The van der Waals surface area contributed by atoms with Gasteiger partial charge in [-0.25, -0.2) is 9.78 Å². The van der Waals surface area contributed by atoms with Gasteiger partial charge in [-0.2, -0.15) is 0 Å². The zero-order valence-electron chi connectivity index (χ0n) is 19.8. The molecule has 34 heavy (non-hydrogen) atoms. The van der Waals surface area contributed by atoms with Crippen LogP contribution in [-0.2, 0) is 10.2 Å². The number of carbonyl (C=O) groups is 1. The van der Waals surface area contributed by atoms with E-state index in [4.69, 9.17) is 4.74 Å². The normalized spacial score (nSPS) is 26.5. The van der Waals surface area contributed by atoms with Crippen LogP contribution in [-0.4, -0.2) is 18.1 Å². The lowest BCUT2D eigenvalue weighted by atomic mass is 9.71. The van der Waals surface area contributed by atoms with Crippen LogP contribution in [0.4, 0.5) is 22.9 Å². The van der Waals surface area contributed by atoms with Crippen molar-refractivity contribution in [3.8, 4) is 0 Å².